The lowest BCUT2D eigenvalue weighted by Crippen LogP contribution is -2.19. The van der Waals surface area contributed by atoms with E-state index in [1.54, 1.807) is 6.20 Å². The van der Waals surface area contributed by atoms with E-state index in [2.05, 4.69) is 15.2 Å². The molecule has 1 unspecified atom stereocenters. The average molecular weight is 249 g/mol. The Morgan fingerprint density at radius 2 is 2.00 bits per heavy atom. The van der Waals surface area contributed by atoms with Crippen LogP contribution < -0.4 is 5.73 Å². The monoisotopic (exact) mass is 248 g/mol. The first-order chi connectivity index (χ1) is 8.15. The number of hydrogen-bond acceptors (Lipinski definition) is 4. The summed E-state index contributed by atoms with van der Waals surface area (Å²) < 4.78 is 0. The molecular weight excluding hydrogens is 236 g/mol. The number of hydrogen-bond donors (Lipinski definition) is 1. The van der Waals surface area contributed by atoms with E-state index >= 15 is 0 Å². The van der Waals surface area contributed by atoms with E-state index in [0.717, 1.165) is 11.3 Å². The van der Waals surface area contributed by atoms with Crippen molar-refractivity contribution < 1.29 is 0 Å². The third-order valence-corrected chi connectivity index (χ3v) is 2.50. The molecule has 0 aliphatic heterocycles. The van der Waals surface area contributed by atoms with E-state index in [1.165, 1.54) is 0 Å². The fourth-order valence-electron chi connectivity index (χ4n) is 1.47. The van der Waals surface area contributed by atoms with Crippen LogP contribution >= 0.6 is 11.6 Å². The summed E-state index contributed by atoms with van der Waals surface area (Å²) >= 11 is 5.83. The maximum Gasteiger partial charge on any atom is 0.153 e. The normalized spacial score (nSPS) is 12.4. The van der Waals surface area contributed by atoms with Gasteiger partial charge in [0.2, 0.25) is 0 Å². The van der Waals surface area contributed by atoms with Crippen LogP contribution in [0.5, 0.6) is 0 Å². The second-order valence-electron chi connectivity index (χ2n) is 3.95. The SMILES string of the molecule is CC(N)Cc1nncc(-c2ccc(Cl)cc2)n1. The Balaban J connectivity index is 2.29. The highest BCUT2D eigenvalue weighted by molar-refractivity contribution is 6.30. The predicted molar refractivity (Wildman–Crippen MR) is 67.6 cm³/mol. The van der Waals surface area contributed by atoms with Crippen LogP contribution in [-0.2, 0) is 6.42 Å². The van der Waals surface area contributed by atoms with Crippen molar-refractivity contribution in [2.45, 2.75) is 19.4 Å². The lowest BCUT2D eigenvalue weighted by Gasteiger charge is -2.05. The number of halogens is 1. The molecule has 17 heavy (non-hydrogen) atoms. The molecule has 0 spiro atoms. The minimum atomic E-state index is 0.0252. The second kappa shape index (κ2) is 5.21. The number of rotatable bonds is 3. The first-order valence-corrected chi connectivity index (χ1v) is 5.73. The van der Waals surface area contributed by atoms with Gasteiger partial charge >= 0.3 is 0 Å². The van der Waals surface area contributed by atoms with Crippen LogP contribution in [0.15, 0.2) is 30.5 Å². The molecule has 0 saturated heterocycles. The zero-order valence-electron chi connectivity index (χ0n) is 9.47. The van der Waals surface area contributed by atoms with Crippen LogP contribution in [0, 0.1) is 0 Å². The number of benzene rings is 1. The van der Waals surface area contributed by atoms with Crippen LogP contribution in [-0.4, -0.2) is 21.2 Å². The van der Waals surface area contributed by atoms with Crippen molar-refractivity contribution in [2.75, 3.05) is 0 Å². The number of aromatic nitrogens is 3. The van der Waals surface area contributed by atoms with Gasteiger partial charge in [0, 0.05) is 23.0 Å². The Hall–Kier alpha value is -1.52. The third-order valence-electron chi connectivity index (χ3n) is 2.25. The molecule has 0 aliphatic rings. The Kier molecular flexibility index (Phi) is 3.66. The van der Waals surface area contributed by atoms with Crippen LogP contribution in [0.3, 0.4) is 0 Å². The van der Waals surface area contributed by atoms with Crippen LogP contribution in [0.4, 0.5) is 0 Å². The molecule has 0 aliphatic carbocycles. The molecule has 2 aromatic rings. The van der Waals surface area contributed by atoms with E-state index in [0.29, 0.717) is 17.3 Å². The molecule has 1 atom stereocenters. The molecule has 1 aromatic carbocycles. The third kappa shape index (κ3) is 3.22. The van der Waals surface area contributed by atoms with Gasteiger partial charge in [-0.3, -0.25) is 0 Å². The second-order valence-corrected chi connectivity index (χ2v) is 4.38. The van der Waals surface area contributed by atoms with Gasteiger partial charge in [0.25, 0.3) is 0 Å². The summed E-state index contributed by atoms with van der Waals surface area (Å²) in [4.78, 5) is 4.42. The van der Waals surface area contributed by atoms with Crippen LogP contribution in [0.25, 0.3) is 11.3 Å². The molecule has 1 aromatic heterocycles. The maximum absolute atomic E-state index is 5.83. The molecule has 0 saturated carbocycles. The first-order valence-electron chi connectivity index (χ1n) is 5.35. The summed E-state index contributed by atoms with van der Waals surface area (Å²) in [5.74, 6) is 0.660. The Labute approximate surface area is 105 Å². The highest BCUT2D eigenvalue weighted by Gasteiger charge is 2.05. The highest BCUT2D eigenvalue weighted by atomic mass is 35.5. The van der Waals surface area contributed by atoms with Crippen LogP contribution in [0.1, 0.15) is 12.7 Å². The molecular formula is C12H13ClN4. The Morgan fingerprint density at radius 3 is 2.65 bits per heavy atom. The van der Waals surface area contributed by atoms with Gasteiger partial charge in [0.1, 0.15) is 0 Å². The van der Waals surface area contributed by atoms with Crippen molar-refractivity contribution in [3.8, 4) is 11.3 Å². The number of nitrogens with zero attached hydrogens (tertiary/aromatic N) is 3. The first kappa shape index (κ1) is 12.0. The standard InChI is InChI=1S/C12H13ClN4/c1-8(14)6-12-16-11(7-15-17-12)9-2-4-10(13)5-3-9/h2-5,7-8H,6,14H2,1H3. The Bertz CT molecular complexity index is 496. The molecule has 2 rings (SSSR count). The van der Waals surface area contributed by atoms with Gasteiger partial charge in [-0.05, 0) is 19.1 Å². The Morgan fingerprint density at radius 1 is 1.29 bits per heavy atom. The van der Waals surface area contributed by atoms with E-state index in [-0.39, 0.29) is 6.04 Å². The minimum absolute atomic E-state index is 0.0252. The zero-order chi connectivity index (χ0) is 12.3. The molecule has 88 valence electrons. The van der Waals surface area contributed by atoms with E-state index in [4.69, 9.17) is 17.3 Å². The largest absolute Gasteiger partial charge is 0.328 e. The van der Waals surface area contributed by atoms with Crippen molar-refractivity contribution in [2.24, 2.45) is 5.73 Å². The van der Waals surface area contributed by atoms with Crippen molar-refractivity contribution in [3.63, 3.8) is 0 Å². The molecule has 0 radical (unpaired) electrons. The van der Waals surface area contributed by atoms with Gasteiger partial charge in [0.15, 0.2) is 5.82 Å². The molecule has 1 heterocycles. The van der Waals surface area contributed by atoms with Crippen molar-refractivity contribution in [3.05, 3.63) is 41.3 Å². The molecule has 0 bridgehead atoms. The van der Waals surface area contributed by atoms with Crippen molar-refractivity contribution in [1.82, 2.24) is 15.2 Å². The molecule has 4 nitrogen and oxygen atoms in total. The average Bonchev–Trinajstić information content (AvgIpc) is 2.29. The van der Waals surface area contributed by atoms with Gasteiger partial charge < -0.3 is 5.73 Å². The van der Waals surface area contributed by atoms with Gasteiger partial charge in [-0.1, -0.05) is 23.7 Å². The maximum atomic E-state index is 5.83. The number of nitrogens with two attached hydrogens (primary N) is 1. The summed E-state index contributed by atoms with van der Waals surface area (Å²) in [6, 6.07) is 7.48. The molecule has 2 N–H and O–H groups in total. The summed E-state index contributed by atoms with van der Waals surface area (Å²) in [5.41, 5.74) is 7.46. The van der Waals surface area contributed by atoms with E-state index < -0.39 is 0 Å². The summed E-state index contributed by atoms with van der Waals surface area (Å²) in [6.07, 6.45) is 2.25. The summed E-state index contributed by atoms with van der Waals surface area (Å²) in [7, 11) is 0. The van der Waals surface area contributed by atoms with E-state index in [1.807, 2.05) is 31.2 Å². The van der Waals surface area contributed by atoms with E-state index in [9.17, 15) is 0 Å². The highest BCUT2D eigenvalue weighted by Crippen LogP contribution is 2.18. The van der Waals surface area contributed by atoms with Crippen molar-refractivity contribution >= 4 is 11.6 Å². The van der Waals surface area contributed by atoms with Gasteiger partial charge in [-0.15, -0.1) is 5.10 Å². The fraction of sp³-hybridized carbons (Fsp3) is 0.250. The molecule has 5 heteroatoms. The summed E-state index contributed by atoms with van der Waals surface area (Å²) in [5, 5.41) is 8.59. The van der Waals surface area contributed by atoms with Gasteiger partial charge in [-0.2, -0.15) is 5.10 Å². The fourth-order valence-corrected chi connectivity index (χ4v) is 1.60. The summed E-state index contributed by atoms with van der Waals surface area (Å²) in [6.45, 7) is 1.92. The van der Waals surface area contributed by atoms with Crippen molar-refractivity contribution in [1.29, 1.82) is 0 Å². The van der Waals surface area contributed by atoms with Gasteiger partial charge in [0.05, 0.1) is 11.9 Å². The lowest BCUT2D eigenvalue weighted by molar-refractivity contribution is 0.686. The molecule has 0 amide bonds. The zero-order valence-corrected chi connectivity index (χ0v) is 10.2. The smallest absolute Gasteiger partial charge is 0.153 e. The quantitative estimate of drug-likeness (QED) is 0.903. The lowest BCUT2D eigenvalue weighted by atomic mass is 10.1. The predicted octanol–water partition coefficient (Wildman–Crippen LogP) is 2.08. The molecule has 0 fully saturated rings. The van der Waals surface area contributed by atoms with Gasteiger partial charge in [-0.25, -0.2) is 4.98 Å². The minimum Gasteiger partial charge on any atom is -0.328 e. The topological polar surface area (TPSA) is 64.7 Å². The van der Waals surface area contributed by atoms with Crippen LogP contribution in [0.2, 0.25) is 5.02 Å².